The summed E-state index contributed by atoms with van der Waals surface area (Å²) < 4.78 is 5.87. The largest absolute Gasteiger partial charge is 0.387 e. The van der Waals surface area contributed by atoms with E-state index >= 15 is 0 Å². The minimum absolute atomic E-state index is 0.0659. The highest BCUT2D eigenvalue weighted by atomic mass is 16.6. The molecule has 128 valence electrons. The molecule has 6 nitrogen and oxygen atoms in total. The fourth-order valence-electron chi connectivity index (χ4n) is 3.68. The van der Waals surface area contributed by atoms with E-state index in [9.17, 15) is 4.79 Å². The predicted molar refractivity (Wildman–Crippen MR) is 89.7 cm³/mol. The van der Waals surface area contributed by atoms with Crippen molar-refractivity contribution in [2.45, 2.75) is 37.5 Å². The number of benzene rings is 1. The van der Waals surface area contributed by atoms with Crippen LogP contribution in [0.25, 0.3) is 0 Å². The van der Waals surface area contributed by atoms with Gasteiger partial charge in [-0.05, 0) is 24.9 Å². The lowest BCUT2D eigenvalue weighted by atomic mass is 10.0. The molecule has 3 aliphatic rings. The molecule has 0 saturated carbocycles. The first-order valence-electron chi connectivity index (χ1n) is 8.71. The second-order valence-corrected chi connectivity index (χ2v) is 6.70. The van der Waals surface area contributed by atoms with Crippen molar-refractivity contribution in [3.05, 3.63) is 35.9 Å². The lowest BCUT2D eigenvalue weighted by molar-refractivity contribution is -0.116. The van der Waals surface area contributed by atoms with Crippen molar-refractivity contribution in [2.75, 3.05) is 26.2 Å². The summed E-state index contributed by atoms with van der Waals surface area (Å²) >= 11 is 0. The zero-order chi connectivity index (χ0) is 16.4. The molecule has 0 unspecified atom stereocenters. The van der Waals surface area contributed by atoms with E-state index in [0.717, 1.165) is 25.3 Å². The molecule has 1 amide bonds. The van der Waals surface area contributed by atoms with Gasteiger partial charge in [-0.1, -0.05) is 35.5 Å². The average Bonchev–Trinajstić information content (AvgIpc) is 3.29. The number of carbonyl (C=O) groups excluding carboxylic acids is 1. The van der Waals surface area contributed by atoms with Crippen molar-refractivity contribution in [3.8, 4) is 0 Å². The van der Waals surface area contributed by atoms with Crippen molar-refractivity contribution in [1.29, 1.82) is 0 Å². The highest BCUT2D eigenvalue weighted by Gasteiger charge is 2.33. The molecule has 0 radical (unpaired) electrons. The number of fused-ring (bicyclic) bond motifs is 1. The van der Waals surface area contributed by atoms with E-state index in [4.69, 9.17) is 9.57 Å². The van der Waals surface area contributed by atoms with E-state index in [-0.39, 0.29) is 18.1 Å². The minimum Gasteiger partial charge on any atom is -0.387 e. The van der Waals surface area contributed by atoms with E-state index in [2.05, 4.69) is 15.4 Å². The summed E-state index contributed by atoms with van der Waals surface area (Å²) in [5.74, 6) is -0.152. The molecule has 0 spiro atoms. The van der Waals surface area contributed by atoms with Crippen LogP contribution >= 0.6 is 0 Å². The van der Waals surface area contributed by atoms with Gasteiger partial charge in [0, 0.05) is 25.6 Å². The van der Waals surface area contributed by atoms with Gasteiger partial charge in [-0.3, -0.25) is 9.69 Å². The number of rotatable bonds is 4. The Hall–Kier alpha value is -1.92. The number of amides is 1. The molecule has 3 heterocycles. The lowest BCUT2D eigenvalue weighted by Crippen LogP contribution is -2.50. The van der Waals surface area contributed by atoms with E-state index in [1.807, 2.05) is 30.3 Å². The summed E-state index contributed by atoms with van der Waals surface area (Å²) in [7, 11) is 0. The number of hydrogen-bond acceptors (Lipinski definition) is 5. The van der Waals surface area contributed by atoms with Crippen LogP contribution in [0.4, 0.5) is 0 Å². The Morgan fingerprint density at radius 1 is 1.33 bits per heavy atom. The molecular formula is C18H23N3O3. The first-order chi connectivity index (χ1) is 11.8. The van der Waals surface area contributed by atoms with Gasteiger partial charge in [-0.2, -0.15) is 0 Å². The fourth-order valence-corrected chi connectivity index (χ4v) is 3.68. The fraction of sp³-hybridized carbons (Fsp3) is 0.556. The third kappa shape index (κ3) is 3.30. The van der Waals surface area contributed by atoms with E-state index in [0.29, 0.717) is 24.7 Å². The number of morpholine rings is 1. The Kier molecular flexibility index (Phi) is 4.49. The van der Waals surface area contributed by atoms with Gasteiger partial charge in [-0.15, -0.1) is 0 Å². The Morgan fingerprint density at radius 2 is 2.21 bits per heavy atom. The highest BCUT2D eigenvalue weighted by Crippen LogP contribution is 2.27. The van der Waals surface area contributed by atoms with Crippen molar-refractivity contribution < 1.29 is 14.4 Å². The number of oxime groups is 1. The van der Waals surface area contributed by atoms with Gasteiger partial charge < -0.3 is 14.9 Å². The Bertz CT molecular complexity index is 619. The van der Waals surface area contributed by atoms with Crippen molar-refractivity contribution >= 4 is 11.6 Å². The Morgan fingerprint density at radius 3 is 3.08 bits per heavy atom. The molecule has 2 fully saturated rings. The van der Waals surface area contributed by atoms with Crippen molar-refractivity contribution in [2.24, 2.45) is 5.16 Å². The average molecular weight is 329 g/mol. The third-order valence-corrected chi connectivity index (χ3v) is 5.05. The van der Waals surface area contributed by atoms with Crippen molar-refractivity contribution in [1.82, 2.24) is 10.2 Å². The summed E-state index contributed by atoms with van der Waals surface area (Å²) in [4.78, 5) is 20.2. The van der Waals surface area contributed by atoms with Gasteiger partial charge in [-0.25, -0.2) is 0 Å². The van der Waals surface area contributed by atoms with Crippen LogP contribution in [-0.2, 0) is 14.4 Å². The summed E-state index contributed by atoms with van der Waals surface area (Å²) in [6.45, 7) is 3.36. The molecule has 0 bridgehead atoms. The van der Waals surface area contributed by atoms with Gasteiger partial charge in [0.25, 0.3) is 5.91 Å². The standard InChI is InChI=1S/C18H23N3O3/c22-18(16-9-17(24-20-16)13-5-2-1-3-6-13)19-10-15-11-21-8-4-7-14(21)12-23-15/h1-3,5-6,14-15,17H,4,7-12H2,(H,19,22)/t14-,15-,17+/m1/s1. The molecule has 1 aromatic carbocycles. The number of nitrogens with zero attached hydrogens (tertiary/aromatic N) is 2. The molecule has 3 aliphatic heterocycles. The number of carbonyl (C=O) groups is 1. The van der Waals surface area contributed by atoms with Gasteiger partial charge in [0.15, 0.2) is 6.10 Å². The zero-order valence-electron chi connectivity index (χ0n) is 13.7. The third-order valence-electron chi connectivity index (χ3n) is 5.05. The van der Waals surface area contributed by atoms with E-state index in [1.54, 1.807) is 0 Å². The van der Waals surface area contributed by atoms with Crippen LogP contribution in [0.5, 0.6) is 0 Å². The summed E-state index contributed by atoms with van der Waals surface area (Å²) in [6, 6.07) is 10.4. The quantitative estimate of drug-likeness (QED) is 0.909. The molecule has 3 atom stereocenters. The molecule has 2 saturated heterocycles. The normalized spacial score (nSPS) is 29.7. The zero-order valence-corrected chi connectivity index (χ0v) is 13.7. The molecule has 1 N–H and O–H groups in total. The monoisotopic (exact) mass is 329 g/mol. The maximum absolute atomic E-state index is 12.3. The maximum Gasteiger partial charge on any atom is 0.269 e. The summed E-state index contributed by atoms with van der Waals surface area (Å²) in [6.07, 6.45) is 2.89. The van der Waals surface area contributed by atoms with Gasteiger partial charge >= 0.3 is 0 Å². The minimum atomic E-state index is -0.164. The molecule has 0 aliphatic carbocycles. The second kappa shape index (κ2) is 6.91. The van der Waals surface area contributed by atoms with Gasteiger partial charge in [0.05, 0.1) is 12.7 Å². The first-order valence-corrected chi connectivity index (χ1v) is 8.71. The number of ether oxygens (including phenoxy) is 1. The van der Waals surface area contributed by atoms with Crippen LogP contribution in [0.3, 0.4) is 0 Å². The Labute approximate surface area is 141 Å². The maximum atomic E-state index is 12.3. The lowest BCUT2D eigenvalue weighted by Gasteiger charge is -2.35. The second-order valence-electron chi connectivity index (χ2n) is 6.70. The first kappa shape index (κ1) is 15.6. The molecule has 24 heavy (non-hydrogen) atoms. The van der Waals surface area contributed by atoms with Crippen molar-refractivity contribution in [3.63, 3.8) is 0 Å². The predicted octanol–water partition coefficient (Wildman–Crippen LogP) is 1.48. The molecule has 4 rings (SSSR count). The number of hydrogen-bond donors (Lipinski definition) is 1. The number of nitrogens with one attached hydrogen (secondary N) is 1. The van der Waals surface area contributed by atoms with Crippen LogP contribution < -0.4 is 5.32 Å². The van der Waals surface area contributed by atoms with Crippen LogP contribution in [0.15, 0.2) is 35.5 Å². The van der Waals surface area contributed by atoms with Gasteiger partial charge in [0.1, 0.15) is 5.71 Å². The highest BCUT2D eigenvalue weighted by molar-refractivity contribution is 6.39. The van der Waals surface area contributed by atoms with Gasteiger partial charge in [0.2, 0.25) is 0 Å². The smallest absolute Gasteiger partial charge is 0.269 e. The summed E-state index contributed by atoms with van der Waals surface area (Å²) in [5, 5.41) is 6.91. The van der Waals surface area contributed by atoms with Crippen LogP contribution in [0.2, 0.25) is 0 Å². The molecule has 0 aromatic heterocycles. The SMILES string of the molecule is O=C(NC[C@@H]1CN2CCC[C@@H]2CO1)C1=NO[C@H](c2ccccc2)C1. The topological polar surface area (TPSA) is 63.2 Å². The molecular weight excluding hydrogens is 306 g/mol. The van der Waals surface area contributed by atoms with Crippen LogP contribution in [0.1, 0.15) is 30.9 Å². The van der Waals surface area contributed by atoms with E-state index in [1.165, 1.54) is 12.8 Å². The Balaban J connectivity index is 1.25. The van der Waals surface area contributed by atoms with Crippen LogP contribution in [-0.4, -0.2) is 54.9 Å². The van der Waals surface area contributed by atoms with Crippen LogP contribution in [0, 0.1) is 0 Å². The summed E-state index contributed by atoms with van der Waals surface area (Å²) in [5.41, 5.74) is 1.50. The van der Waals surface area contributed by atoms with E-state index < -0.39 is 0 Å². The molecule has 6 heteroatoms. The molecule has 1 aromatic rings.